The number of aromatic nitrogens is 4. The van der Waals surface area contributed by atoms with E-state index in [0.717, 1.165) is 23.5 Å². The molecule has 7 nitrogen and oxygen atoms in total. The van der Waals surface area contributed by atoms with Crippen molar-refractivity contribution in [2.45, 2.75) is 50.6 Å². The minimum Gasteiger partial charge on any atom is -0.507 e. The largest absolute Gasteiger partial charge is 0.507 e. The molecule has 30 heavy (non-hydrogen) atoms. The molecule has 0 saturated carbocycles. The van der Waals surface area contributed by atoms with Crippen LogP contribution < -0.4 is 10.6 Å². The number of hydrogen-bond acceptors (Lipinski definition) is 6. The van der Waals surface area contributed by atoms with E-state index in [0.29, 0.717) is 17.2 Å². The zero-order valence-corrected chi connectivity index (χ0v) is 17.4. The number of nitrogens with zero attached hydrogens (tertiary/aromatic N) is 3. The van der Waals surface area contributed by atoms with Crippen molar-refractivity contribution in [3.8, 4) is 28.1 Å². The van der Waals surface area contributed by atoms with Gasteiger partial charge in [-0.05, 0) is 75.3 Å². The summed E-state index contributed by atoms with van der Waals surface area (Å²) < 4.78 is 0. The summed E-state index contributed by atoms with van der Waals surface area (Å²) in [6.45, 7) is 5.61. The normalized spacial score (nSPS) is 27.9. The topological polar surface area (TPSA) is 98.8 Å². The van der Waals surface area contributed by atoms with Crippen LogP contribution in [0.5, 0.6) is 5.75 Å². The lowest BCUT2D eigenvalue weighted by atomic mass is 9.80. The summed E-state index contributed by atoms with van der Waals surface area (Å²) in [6, 6.07) is 9.36. The molecular weight excluding hydrogens is 376 g/mol. The second-order valence-corrected chi connectivity index (χ2v) is 9.42. The van der Waals surface area contributed by atoms with Gasteiger partial charge in [0.15, 0.2) is 0 Å². The van der Waals surface area contributed by atoms with E-state index >= 15 is 0 Å². The van der Waals surface area contributed by atoms with Gasteiger partial charge >= 0.3 is 0 Å². The Kier molecular flexibility index (Phi) is 4.50. The summed E-state index contributed by atoms with van der Waals surface area (Å²) >= 11 is 0. The second-order valence-electron chi connectivity index (χ2n) is 9.42. The van der Waals surface area contributed by atoms with Gasteiger partial charge in [-0.2, -0.15) is 5.10 Å². The molecule has 5 rings (SSSR count). The average Bonchev–Trinajstić information content (AvgIpc) is 3.33. The maximum Gasteiger partial charge on any atom is 0.148 e. The summed E-state index contributed by atoms with van der Waals surface area (Å²) in [5, 5.41) is 33.2. The molecule has 3 atom stereocenters. The lowest BCUT2D eigenvalue weighted by Gasteiger charge is -2.42. The van der Waals surface area contributed by atoms with Crippen LogP contribution in [0.4, 0.5) is 5.82 Å². The molecule has 0 unspecified atom stereocenters. The molecule has 4 heterocycles. The summed E-state index contributed by atoms with van der Waals surface area (Å²) in [5.41, 5.74) is 3.68. The van der Waals surface area contributed by atoms with Gasteiger partial charge in [-0.25, -0.2) is 0 Å². The van der Waals surface area contributed by atoms with Gasteiger partial charge in [-0.3, -0.25) is 5.10 Å². The first-order chi connectivity index (χ1) is 14.4. The molecule has 156 valence electrons. The van der Waals surface area contributed by atoms with Crippen LogP contribution in [-0.2, 0) is 0 Å². The van der Waals surface area contributed by atoms with E-state index in [-0.39, 0.29) is 16.8 Å². The van der Waals surface area contributed by atoms with E-state index in [4.69, 9.17) is 0 Å². The van der Waals surface area contributed by atoms with Gasteiger partial charge in [-0.1, -0.05) is 6.07 Å². The predicted octanol–water partition coefficient (Wildman–Crippen LogP) is 3.96. The maximum atomic E-state index is 10.5. The Morgan fingerprint density at radius 2 is 1.87 bits per heavy atom. The number of anilines is 1. The Hall–Kier alpha value is -2.93. The van der Waals surface area contributed by atoms with E-state index in [2.05, 4.69) is 44.9 Å². The first-order valence-electron chi connectivity index (χ1n) is 10.6. The molecule has 2 aliphatic heterocycles. The van der Waals surface area contributed by atoms with Crippen LogP contribution in [0.2, 0.25) is 0 Å². The average molecular weight is 405 g/mol. The zero-order valence-electron chi connectivity index (χ0n) is 17.4. The zero-order chi connectivity index (χ0) is 20.8. The molecule has 0 spiro atoms. The molecule has 2 aliphatic rings. The fraction of sp³-hybridized carbons (Fsp3) is 0.435. The highest BCUT2D eigenvalue weighted by atomic mass is 16.3. The second kappa shape index (κ2) is 7.09. The quantitative estimate of drug-likeness (QED) is 0.514. The van der Waals surface area contributed by atoms with Crippen molar-refractivity contribution in [1.82, 2.24) is 25.7 Å². The third kappa shape index (κ3) is 3.65. The molecule has 1 aromatic carbocycles. The lowest BCUT2D eigenvalue weighted by Crippen LogP contribution is -2.54. The van der Waals surface area contributed by atoms with Gasteiger partial charge < -0.3 is 15.7 Å². The Bertz CT molecular complexity index is 1020. The molecule has 0 radical (unpaired) electrons. The van der Waals surface area contributed by atoms with Crippen LogP contribution in [0, 0.1) is 5.92 Å². The number of rotatable bonds is 5. The van der Waals surface area contributed by atoms with Crippen molar-refractivity contribution < 1.29 is 5.11 Å². The van der Waals surface area contributed by atoms with Crippen molar-refractivity contribution in [3.05, 3.63) is 42.7 Å². The number of aromatic hydroxyl groups is 1. The van der Waals surface area contributed by atoms with Gasteiger partial charge in [0.05, 0.1) is 11.9 Å². The molecular formula is C23H28N6O. The van der Waals surface area contributed by atoms with Crippen LogP contribution in [0.1, 0.15) is 39.5 Å². The third-order valence-corrected chi connectivity index (χ3v) is 6.65. The number of benzene rings is 1. The Balaban J connectivity index is 1.25. The summed E-state index contributed by atoms with van der Waals surface area (Å²) in [5.74, 6) is 1.58. The van der Waals surface area contributed by atoms with Crippen molar-refractivity contribution in [2.24, 2.45) is 5.92 Å². The van der Waals surface area contributed by atoms with Gasteiger partial charge in [0.2, 0.25) is 0 Å². The van der Waals surface area contributed by atoms with Gasteiger partial charge in [0.1, 0.15) is 11.6 Å². The summed E-state index contributed by atoms with van der Waals surface area (Å²) in [6.07, 6.45) is 8.43. The van der Waals surface area contributed by atoms with Crippen molar-refractivity contribution in [2.75, 3.05) is 11.9 Å². The number of piperidine rings is 1. The smallest absolute Gasteiger partial charge is 0.148 e. The van der Waals surface area contributed by atoms with E-state index in [1.165, 1.54) is 25.7 Å². The van der Waals surface area contributed by atoms with E-state index in [9.17, 15) is 5.11 Å². The Labute approximate surface area is 176 Å². The minimum absolute atomic E-state index is 0.176. The van der Waals surface area contributed by atoms with Crippen molar-refractivity contribution in [1.29, 1.82) is 0 Å². The molecule has 2 fully saturated rings. The molecule has 2 saturated heterocycles. The molecule has 4 N–H and O–H groups in total. The number of hydrogen-bond donors (Lipinski definition) is 4. The van der Waals surface area contributed by atoms with Crippen LogP contribution >= 0.6 is 0 Å². The van der Waals surface area contributed by atoms with Crippen LogP contribution in [0.3, 0.4) is 0 Å². The molecule has 7 heteroatoms. The molecule has 0 amide bonds. The SMILES string of the molecule is C[C@]12CC[C@](C)(C[C@@H](CNc3ccc(-c4ccc(-c5cn[nH]c5)cc4O)nn3)C1)N2. The lowest BCUT2D eigenvalue weighted by molar-refractivity contribution is 0.178. The summed E-state index contributed by atoms with van der Waals surface area (Å²) in [7, 11) is 0. The molecule has 2 aromatic heterocycles. The van der Waals surface area contributed by atoms with E-state index in [1.807, 2.05) is 24.3 Å². The fourth-order valence-corrected chi connectivity index (χ4v) is 5.36. The van der Waals surface area contributed by atoms with Gasteiger partial charge in [-0.15, -0.1) is 10.2 Å². The van der Waals surface area contributed by atoms with Crippen LogP contribution in [0.15, 0.2) is 42.7 Å². The van der Waals surface area contributed by atoms with Gasteiger partial charge in [0, 0.05) is 34.9 Å². The third-order valence-electron chi connectivity index (χ3n) is 6.65. The van der Waals surface area contributed by atoms with Crippen LogP contribution in [-0.4, -0.2) is 43.1 Å². The number of H-pyrrole nitrogens is 1. The number of phenolic OH excluding ortho intramolecular Hbond substituents is 1. The molecule has 2 bridgehead atoms. The number of aromatic amines is 1. The minimum atomic E-state index is 0.176. The first kappa shape index (κ1) is 19.1. The van der Waals surface area contributed by atoms with Crippen molar-refractivity contribution in [3.63, 3.8) is 0 Å². The Morgan fingerprint density at radius 1 is 1.07 bits per heavy atom. The number of nitrogens with one attached hydrogen (secondary N) is 3. The highest BCUT2D eigenvalue weighted by Crippen LogP contribution is 2.44. The molecule has 3 aromatic rings. The van der Waals surface area contributed by atoms with Crippen molar-refractivity contribution >= 4 is 5.82 Å². The number of phenols is 1. The van der Waals surface area contributed by atoms with Gasteiger partial charge in [0.25, 0.3) is 0 Å². The first-order valence-corrected chi connectivity index (χ1v) is 10.6. The van der Waals surface area contributed by atoms with Crippen LogP contribution in [0.25, 0.3) is 22.4 Å². The van der Waals surface area contributed by atoms with E-state index < -0.39 is 0 Å². The highest BCUT2D eigenvalue weighted by Gasteiger charge is 2.48. The summed E-state index contributed by atoms with van der Waals surface area (Å²) in [4.78, 5) is 0. The monoisotopic (exact) mass is 404 g/mol. The highest BCUT2D eigenvalue weighted by molar-refractivity contribution is 5.73. The Morgan fingerprint density at radius 3 is 2.50 bits per heavy atom. The standard InChI is InChI=1S/C23H28N6O/c1-22-7-8-23(2,29-22)11-15(10-22)12-24-21-6-5-19(27-28-21)18-4-3-16(9-20(18)30)17-13-25-26-14-17/h3-6,9,13-15,29-30H,7-8,10-12H2,1-2H3,(H,24,28)(H,25,26)/t15-,22-,23+. The maximum absolute atomic E-state index is 10.5. The predicted molar refractivity (Wildman–Crippen MR) is 117 cm³/mol. The molecule has 0 aliphatic carbocycles. The number of fused-ring (bicyclic) bond motifs is 2. The fourth-order valence-electron chi connectivity index (χ4n) is 5.36. The van der Waals surface area contributed by atoms with E-state index in [1.54, 1.807) is 18.5 Å².